The van der Waals surface area contributed by atoms with Crippen LogP contribution >= 0.6 is 46.9 Å². The Morgan fingerprint density at radius 2 is 1.94 bits per heavy atom. The number of nitrogens with one attached hydrogen (secondary N) is 1. The maximum Gasteiger partial charge on any atom is 0.278 e. The van der Waals surface area contributed by atoms with Crippen molar-refractivity contribution in [1.82, 2.24) is 14.1 Å². The maximum absolute atomic E-state index is 13.9. The number of hydrogen-bond acceptors (Lipinski definition) is 6. The Balaban J connectivity index is 1.86. The van der Waals surface area contributed by atoms with E-state index < -0.39 is 0 Å². The van der Waals surface area contributed by atoms with Gasteiger partial charge >= 0.3 is 0 Å². The van der Waals surface area contributed by atoms with Gasteiger partial charge in [-0.1, -0.05) is 59.0 Å². The molecule has 10 heteroatoms. The summed E-state index contributed by atoms with van der Waals surface area (Å²) in [4.78, 5) is 20.4. The third-order valence-electron chi connectivity index (χ3n) is 5.93. The van der Waals surface area contributed by atoms with Crippen molar-refractivity contribution in [1.29, 1.82) is 0 Å². The van der Waals surface area contributed by atoms with Crippen LogP contribution < -0.4 is 15.2 Å². The van der Waals surface area contributed by atoms with E-state index in [9.17, 15) is 4.79 Å². The highest BCUT2D eigenvalue weighted by Gasteiger charge is 2.20. The van der Waals surface area contributed by atoms with Crippen molar-refractivity contribution < 1.29 is 9.64 Å². The van der Waals surface area contributed by atoms with Gasteiger partial charge < -0.3 is 14.2 Å². The fraction of sp³-hybridized carbons (Fsp3) is 0.320. The minimum Gasteiger partial charge on any atom is -0.495 e. The van der Waals surface area contributed by atoms with Crippen molar-refractivity contribution in [3.8, 4) is 11.4 Å². The summed E-state index contributed by atoms with van der Waals surface area (Å²) in [7, 11) is 1.60. The van der Waals surface area contributed by atoms with Gasteiger partial charge in [0.25, 0.3) is 5.56 Å². The first kappa shape index (κ1) is 25.9. The van der Waals surface area contributed by atoms with Gasteiger partial charge in [-0.25, -0.2) is 4.98 Å². The molecule has 4 rings (SSSR count). The number of para-hydroxylation sites is 2. The summed E-state index contributed by atoms with van der Waals surface area (Å²) in [6.45, 7) is 8.09. The molecule has 0 aliphatic carbocycles. The van der Waals surface area contributed by atoms with Crippen LogP contribution in [0.3, 0.4) is 0 Å². The highest BCUT2D eigenvalue weighted by atomic mass is 35.5. The molecule has 2 heterocycles. The fourth-order valence-corrected chi connectivity index (χ4v) is 6.41. The third-order valence-corrected chi connectivity index (χ3v) is 8.60. The van der Waals surface area contributed by atoms with Crippen molar-refractivity contribution >= 4 is 57.3 Å². The number of thioether (sulfide) groups is 1. The zero-order valence-corrected chi connectivity index (χ0v) is 23.1. The molecule has 0 aliphatic rings. The Bertz CT molecular complexity index is 1440. The van der Waals surface area contributed by atoms with E-state index in [1.165, 1.54) is 28.0 Å². The predicted molar refractivity (Wildman–Crippen MR) is 149 cm³/mol. The van der Waals surface area contributed by atoms with Crippen LogP contribution in [0.1, 0.15) is 19.4 Å². The second-order valence-corrected chi connectivity index (χ2v) is 11.0. The van der Waals surface area contributed by atoms with Crippen molar-refractivity contribution in [2.75, 3.05) is 26.7 Å². The molecule has 0 saturated heterocycles. The molecule has 4 aromatic rings. The largest absolute Gasteiger partial charge is 0.495 e. The van der Waals surface area contributed by atoms with E-state index in [-0.39, 0.29) is 5.56 Å². The number of likely N-dealkylation sites (N-methyl/N-ethyl adjacent to an activating group) is 1. The predicted octanol–water partition coefficient (Wildman–Crippen LogP) is 4.86. The third kappa shape index (κ3) is 5.65. The number of halogens is 1. The smallest absolute Gasteiger partial charge is 0.278 e. The van der Waals surface area contributed by atoms with Crippen molar-refractivity contribution in [3.05, 3.63) is 73.4 Å². The van der Waals surface area contributed by atoms with Gasteiger partial charge in [0.05, 0.1) is 39.0 Å². The average Bonchev–Trinajstić information content (AvgIpc) is 3.19. The number of hydrogen-bond donors (Lipinski definition) is 1. The van der Waals surface area contributed by atoms with Crippen LogP contribution in [-0.4, -0.2) is 40.9 Å². The summed E-state index contributed by atoms with van der Waals surface area (Å²) in [5.74, 6) is 1.22. The topological polar surface area (TPSA) is 53.5 Å². The maximum atomic E-state index is 13.9. The van der Waals surface area contributed by atoms with Gasteiger partial charge in [-0.05, 0) is 55.9 Å². The van der Waals surface area contributed by atoms with E-state index in [2.05, 4.69) is 13.8 Å². The number of methoxy groups -OCH3 is 1. The van der Waals surface area contributed by atoms with Gasteiger partial charge in [0, 0.05) is 10.8 Å². The quantitative estimate of drug-likeness (QED) is 0.175. The van der Waals surface area contributed by atoms with Crippen LogP contribution in [0.25, 0.3) is 16.0 Å². The van der Waals surface area contributed by atoms with Gasteiger partial charge in [0.15, 0.2) is 14.8 Å². The number of fused-ring (bicyclic) bond motifs is 1. The first-order valence-electron chi connectivity index (χ1n) is 11.5. The molecule has 184 valence electrons. The van der Waals surface area contributed by atoms with Crippen molar-refractivity contribution in [2.45, 2.75) is 31.3 Å². The van der Waals surface area contributed by atoms with Crippen LogP contribution in [0.2, 0.25) is 5.02 Å². The summed E-state index contributed by atoms with van der Waals surface area (Å²) in [5.41, 5.74) is 2.21. The Morgan fingerprint density at radius 3 is 2.66 bits per heavy atom. The summed E-state index contributed by atoms with van der Waals surface area (Å²) >= 11 is 14.7. The Hall–Kier alpha value is -2.17. The summed E-state index contributed by atoms with van der Waals surface area (Å²) in [6, 6.07) is 15.2. The molecule has 0 bridgehead atoms. The van der Waals surface area contributed by atoms with Gasteiger partial charge in [0.2, 0.25) is 0 Å². The molecule has 0 spiro atoms. The van der Waals surface area contributed by atoms with E-state index >= 15 is 0 Å². The Labute approximate surface area is 223 Å². The first-order chi connectivity index (χ1) is 17.0. The molecule has 35 heavy (non-hydrogen) atoms. The van der Waals surface area contributed by atoms with Crippen LogP contribution in [0.15, 0.2) is 58.5 Å². The SMILES string of the molecule is CC[NH+](CC)CCn1c(=S)sc2c(=O)n(-c3ccccc3OC)c(SCc3cccc(Cl)c3)nc21. The molecule has 0 radical (unpaired) electrons. The molecule has 0 fully saturated rings. The molecule has 0 unspecified atom stereocenters. The van der Waals surface area contributed by atoms with Crippen molar-refractivity contribution in [3.63, 3.8) is 0 Å². The first-order valence-corrected chi connectivity index (χ1v) is 14.1. The van der Waals surface area contributed by atoms with E-state index in [1.54, 1.807) is 11.7 Å². The summed E-state index contributed by atoms with van der Waals surface area (Å²) in [5, 5.41) is 1.27. The van der Waals surface area contributed by atoms with E-state index in [0.29, 0.717) is 41.7 Å². The fourth-order valence-electron chi connectivity index (χ4n) is 3.95. The average molecular weight is 548 g/mol. The lowest BCUT2D eigenvalue weighted by atomic mass is 10.2. The lowest BCUT2D eigenvalue weighted by molar-refractivity contribution is -0.897. The van der Waals surface area contributed by atoms with Gasteiger partial charge in [-0.2, -0.15) is 0 Å². The van der Waals surface area contributed by atoms with Gasteiger partial charge in [-0.15, -0.1) is 0 Å². The molecule has 0 atom stereocenters. The minimum absolute atomic E-state index is 0.141. The number of thiazole rings is 1. The van der Waals surface area contributed by atoms with E-state index in [1.807, 2.05) is 53.1 Å². The second kappa shape index (κ2) is 11.7. The standard InChI is InChI=1S/C25H27ClN4O2S3/c1-4-28(5-2)13-14-29-22-21(35-25(29)33)23(31)30(19-11-6-7-12-20(19)32-3)24(27-22)34-16-17-9-8-10-18(26)15-17/h6-12,15H,4-5,13-14,16H2,1-3H3/p+1. The number of ether oxygens (including phenoxy) is 1. The molecular formula is C25H28ClN4O2S3+. The molecule has 2 aromatic heterocycles. The number of benzene rings is 2. The lowest BCUT2D eigenvalue weighted by Crippen LogP contribution is -3.11. The van der Waals surface area contributed by atoms with Gasteiger partial charge in [0.1, 0.15) is 10.4 Å². The summed E-state index contributed by atoms with van der Waals surface area (Å²) in [6.07, 6.45) is 0. The minimum atomic E-state index is -0.141. The van der Waals surface area contributed by atoms with E-state index in [0.717, 1.165) is 31.7 Å². The molecule has 1 N–H and O–H groups in total. The number of quaternary nitrogens is 1. The number of rotatable bonds is 10. The number of nitrogens with zero attached hydrogens (tertiary/aromatic N) is 3. The normalized spacial score (nSPS) is 11.5. The molecule has 0 amide bonds. The Morgan fingerprint density at radius 1 is 1.17 bits per heavy atom. The van der Waals surface area contributed by atoms with Gasteiger partial charge in [-0.3, -0.25) is 9.36 Å². The van der Waals surface area contributed by atoms with Crippen LogP contribution in [0.4, 0.5) is 0 Å². The highest BCUT2D eigenvalue weighted by Crippen LogP contribution is 2.30. The summed E-state index contributed by atoms with van der Waals surface area (Å²) < 4.78 is 10.5. The van der Waals surface area contributed by atoms with Crippen LogP contribution in [-0.2, 0) is 12.3 Å². The zero-order chi connectivity index (χ0) is 24.9. The lowest BCUT2D eigenvalue weighted by Gasteiger charge is -2.17. The zero-order valence-electron chi connectivity index (χ0n) is 19.9. The van der Waals surface area contributed by atoms with Crippen LogP contribution in [0.5, 0.6) is 5.75 Å². The Kier molecular flexibility index (Phi) is 8.67. The molecule has 2 aromatic carbocycles. The molecule has 0 aliphatic heterocycles. The van der Waals surface area contributed by atoms with Crippen LogP contribution in [0, 0.1) is 3.95 Å². The molecule has 6 nitrogen and oxygen atoms in total. The molecule has 0 saturated carbocycles. The second-order valence-electron chi connectivity index (χ2n) is 8.00. The highest BCUT2D eigenvalue weighted by molar-refractivity contribution is 7.98. The number of aromatic nitrogens is 3. The van der Waals surface area contributed by atoms with E-state index in [4.69, 9.17) is 33.5 Å². The monoisotopic (exact) mass is 547 g/mol. The molecular weight excluding hydrogens is 520 g/mol. The van der Waals surface area contributed by atoms with Crippen molar-refractivity contribution in [2.24, 2.45) is 0 Å².